The molecule has 2 rings (SSSR count). The zero-order valence-corrected chi connectivity index (χ0v) is 13.8. The van der Waals surface area contributed by atoms with Crippen molar-refractivity contribution < 1.29 is 19.4 Å². The van der Waals surface area contributed by atoms with Crippen LogP contribution in [0.1, 0.15) is 31.3 Å². The number of aromatic carboxylic acids is 1. The van der Waals surface area contributed by atoms with Gasteiger partial charge in [0.05, 0.1) is 0 Å². The Morgan fingerprint density at radius 2 is 2.09 bits per heavy atom. The minimum absolute atomic E-state index is 0.0840. The zero-order valence-electron chi connectivity index (χ0n) is 13.1. The summed E-state index contributed by atoms with van der Waals surface area (Å²) in [6.07, 6.45) is -0.558. The number of carboxylic acid groups (broad SMARTS) is 1. The number of rotatable bonds is 4. The Hall–Kier alpha value is -2.28. The van der Waals surface area contributed by atoms with Crippen molar-refractivity contribution >= 4 is 34.7 Å². The number of ether oxygens (including phenoxy) is 1. The van der Waals surface area contributed by atoms with Crippen LogP contribution in [0.4, 0.5) is 4.79 Å². The van der Waals surface area contributed by atoms with Crippen molar-refractivity contribution in [2.45, 2.75) is 32.9 Å². The average molecular weight is 340 g/mol. The first-order valence-corrected chi connectivity index (χ1v) is 7.41. The predicted molar refractivity (Wildman–Crippen MR) is 85.9 cm³/mol. The highest BCUT2D eigenvalue weighted by Gasteiger charge is 2.18. The molecular formula is C15H18ClN3O4. The van der Waals surface area contributed by atoms with Crippen molar-refractivity contribution in [3.63, 3.8) is 0 Å². The van der Waals surface area contributed by atoms with Crippen LogP contribution in [-0.2, 0) is 11.3 Å². The fraction of sp³-hybridized carbons (Fsp3) is 0.400. The van der Waals surface area contributed by atoms with E-state index >= 15 is 0 Å². The number of carbonyl (C=O) groups is 2. The first kappa shape index (κ1) is 17.1. The zero-order chi connectivity index (χ0) is 17.2. The van der Waals surface area contributed by atoms with Crippen LogP contribution in [-0.4, -0.2) is 38.9 Å². The van der Waals surface area contributed by atoms with Gasteiger partial charge in [0, 0.05) is 18.5 Å². The van der Waals surface area contributed by atoms with Gasteiger partial charge >= 0.3 is 12.1 Å². The summed E-state index contributed by atoms with van der Waals surface area (Å²) in [6, 6.07) is 4.82. The summed E-state index contributed by atoms with van der Waals surface area (Å²) in [5.74, 6) is -1.07. The third kappa shape index (κ3) is 4.35. The van der Waals surface area contributed by atoms with Crippen LogP contribution in [0.5, 0.6) is 0 Å². The minimum atomic E-state index is -1.07. The molecule has 0 saturated heterocycles. The van der Waals surface area contributed by atoms with Gasteiger partial charge in [0.25, 0.3) is 0 Å². The van der Waals surface area contributed by atoms with Gasteiger partial charge in [-0.2, -0.15) is 0 Å². The maximum atomic E-state index is 11.6. The maximum absolute atomic E-state index is 11.6. The Morgan fingerprint density at radius 1 is 1.39 bits per heavy atom. The van der Waals surface area contributed by atoms with Gasteiger partial charge < -0.3 is 19.7 Å². The quantitative estimate of drug-likeness (QED) is 0.835. The van der Waals surface area contributed by atoms with Gasteiger partial charge in [-0.15, -0.1) is 0 Å². The average Bonchev–Trinajstić information content (AvgIpc) is 2.75. The van der Waals surface area contributed by atoms with E-state index in [0.717, 1.165) is 0 Å². The molecule has 2 aromatic heterocycles. The van der Waals surface area contributed by atoms with Crippen molar-refractivity contribution in [2.75, 3.05) is 6.54 Å². The molecule has 2 aromatic rings. The summed E-state index contributed by atoms with van der Waals surface area (Å²) in [5.41, 5.74) is -0.0485. The Morgan fingerprint density at radius 3 is 2.70 bits per heavy atom. The van der Waals surface area contributed by atoms with E-state index in [1.54, 1.807) is 32.9 Å². The van der Waals surface area contributed by atoms with Crippen molar-refractivity contribution in [1.82, 2.24) is 14.9 Å². The molecule has 2 heterocycles. The topological polar surface area (TPSA) is 93.5 Å². The summed E-state index contributed by atoms with van der Waals surface area (Å²) in [6.45, 7) is 5.73. The minimum Gasteiger partial charge on any atom is -0.477 e. The number of aromatic nitrogens is 2. The van der Waals surface area contributed by atoms with E-state index in [1.807, 2.05) is 0 Å². The van der Waals surface area contributed by atoms with Gasteiger partial charge in [-0.3, -0.25) is 0 Å². The Bertz CT molecular complexity index is 749. The van der Waals surface area contributed by atoms with E-state index in [1.165, 1.54) is 10.6 Å². The molecule has 0 aliphatic carbocycles. The monoisotopic (exact) mass is 339 g/mol. The molecule has 2 N–H and O–H groups in total. The van der Waals surface area contributed by atoms with Crippen molar-refractivity contribution in [1.29, 1.82) is 0 Å². The van der Waals surface area contributed by atoms with Gasteiger partial charge in [-0.1, -0.05) is 11.6 Å². The molecular weight excluding hydrogens is 322 g/mol. The highest BCUT2D eigenvalue weighted by atomic mass is 35.5. The summed E-state index contributed by atoms with van der Waals surface area (Å²) in [5, 5.41) is 12.8. The predicted octanol–water partition coefficient (Wildman–Crippen LogP) is 2.91. The summed E-state index contributed by atoms with van der Waals surface area (Å²) >= 11 is 5.87. The largest absolute Gasteiger partial charge is 0.477 e. The van der Waals surface area contributed by atoms with Crippen LogP contribution in [0.2, 0.25) is 5.15 Å². The lowest BCUT2D eigenvalue weighted by molar-refractivity contribution is 0.0526. The Balaban J connectivity index is 2.15. The smallest absolute Gasteiger partial charge is 0.407 e. The molecule has 23 heavy (non-hydrogen) atoms. The number of hydrogen-bond donors (Lipinski definition) is 2. The Kier molecular flexibility index (Phi) is 4.79. The molecule has 0 aliphatic heterocycles. The van der Waals surface area contributed by atoms with E-state index in [9.17, 15) is 14.7 Å². The number of carbonyl (C=O) groups excluding carboxylic acids is 1. The molecule has 0 saturated carbocycles. The molecule has 0 radical (unpaired) electrons. The van der Waals surface area contributed by atoms with E-state index in [0.29, 0.717) is 11.0 Å². The van der Waals surface area contributed by atoms with Gasteiger partial charge in [-0.05, 0) is 39.0 Å². The SMILES string of the molecule is CC(C)(C)OC(=O)NCCn1c(C(=O)O)cc2ccc(Cl)nc21. The highest BCUT2D eigenvalue weighted by Crippen LogP contribution is 2.20. The van der Waals surface area contributed by atoms with Crippen molar-refractivity contribution in [3.8, 4) is 0 Å². The van der Waals surface area contributed by atoms with Crippen molar-refractivity contribution in [2.24, 2.45) is 0 Å². The van der Waals surface area contributed by atoms with Crippen molar-refractivity contribution in [3.05, 3.63) is 29.0 Å². The fourth-order valence-corrected chi connectivity index (χ4v) is 2.23. The highest BCUT2D eigenvalue weighted by molar-refractivity contribution is 6.29. The molecule has 0 unspecified atom stereocenters. The number of nitrogens with zero attached hydrogens (tertiary/aromatic N) is 2. The Labute approximate surface area is 138 Å². The second-order valence-corrected chi connectivity index (χ2v) is 6.35. The normalized spacial score (nSPS) is 11.5. The van der Waals surface area contributed by atoms with E-state index in [4.69, 9.17) is 16.3 Å². The number of hydrogen-bond acceptors (Lipinski definition) is 4. The molecule has 7 nitrogen and oxygen atoms in total. The molecule has 1 amide bonds. The van der Waals surface area contributed by atoms with Crippen LogP contribution in [0.15, 0.2) is 18.2 Å². The molecule has 0 spiro atoms. The lowest BCUT2D eigenvalue weighted by atomic mass is 10.2. The molecule has 0 bridgehead atoms. The van der Waals surface area contributed by atoms with Crippen LogP contribution >= 0.6 is 11.6 Å². The first-order valence-electron chi connectivity index (χ1n) is 7.03. The van der Waals surface area contributed by atoms with Gasteiger partial charge in [0.1, 0.15) is 22.1 Å². The number of alkyl carbamates (subject to hydrolysis) is 1. The second kappa shape index (κ2) is 6.45. The molecule has 0 atom stereocenters. The van der Waals surface area contributed by atoms with Crippen LogP contribution in [0.3, 0.4) is 0 Å². The number of amides is 1. The standard InChI is InChI=1S/C15H18ClN3O4/c1-15(2,3)23-14(22)17-6-7-19-10(13(20)21)8-9-4-5-11(16)18-12(9)19/h4-5,8H,6-7H2,1-3H3,(H,17,22)(H,20,21). The lowest BCUT2D eigenvalue weighted by Gasteiger charge is -2.19. The molecule has 0 aliphatic rings. The maximum Gasteiger partial charge on any atom is 0.407 e. The van der Waals surface area contributed by atoms with Gasteiger partial charge in [0.2, 0.25) is 0 Å². The second-order valence-electron chi connectivity index (χ2n) is 5.96. The van der Waals surface area contributed by atoms with Crippen LogP contribution < -0.4 is 5.32 Å². The number of pyridine rings is 1. The number of halogens is 1. The number of fused-ring (bicyclic) bond motifs is 1. The van der Waals surface area contributed by atoms with E-state index in [-0.39, 0.29) is 23.9 Å². The first-order chi connectivity index (χ1) is 10.7. The summed E-state index contributed by atoms with van der Waals surface area (Å²) in [7, 11) is 0. The third-order valence-electron chi connectivity index (χ3n) is 2.93. The number of nitrogens with one attached hydrogen (secondary N) is 1. The summed E-state index contributed by atoms with van der Waals surface area (Å²) in [4.78, 5) is 27.2. The molecule has 0 fully saturated rings. The fourth-order valence-electron chi connectivity index (χ4n) is 2.09. The van der Waals surface area contributed by atoms with Gasteiger partial charge in [0.15, 0.2) is 0 Å². The summed E-state index contributed by atoms with van der Waals surface area (Å²) < 4.78 is 6.63. The van der Waals surface area contributed by atoms with Crippen LogP contribution in [0, 0.1) is 0 Å². The van der Waals surface area contributed by atoms with Crippen LogP contribution in [0.25, 0.3) is 11.0 Å². The molecule has 8 heteroatoms. The molecule has 124 valence electrons. The molecule has 0 aromatic carbocycles. The lowest BCUT2D eigenvalue weighted by Crippen LogP contribution is -2.34. The van der Waals surface area contributed by atoms with E-state index < -0.39 is 17.7 Å². The van der Waals surface area contributed by atoms with E-state index in [2.05, 4.69) is 10.3 Å². The number of carboxylic acids is 1. The van der Waals surface area contributed by atoms with Gasteiger partial charge in [-0.25, -0.2) is 14.6 Å². The third-order valence-corrected chi connectivity index (χ3v) is 3.14.